The van der Waals surface area contributed by atoms with Gasteiger partial charge in [0.15, 0.2) is 17.5 Å². The zero-order chi connectivity index (χ0) is 21.6. The van der Waals surface area contributed by atoms with E-state index in [2.05, 4.69) is 34.6 Å². The van der Waals surface area contributed by atoms with Gasteiger partial charge in [-0.2, -0.15) is 5.10 Å². The molecule has 1 aromatic carbocycles. The predicted octanol–water partition coefficient (Wildman–Crippen LogP) is 2.36. The molecule has 2 rings (SSSR count). The van der Waals surface area contributed by atoms with E-state index in [4.69, 9.17) is 14.2 Å². The fraction of sp³-hybridized carbons (Fsp3) is 0.524. The molecule has 0 radical (unpaired) electrons. The van der Waals surface area contributed by atoms with Crippen molar-refractivity contribution in [3.63, 3.8) is 0 Å². The first-order valence-corrected chi connectivity index (χ1v) is 9.59. The zero-order valence-electron chi connectivity index (χ0n) is 18.7. The minimum Gasteiger partial charge on any atom is -0.496 e. The second kappa shape index (κ2) is 10.0. The highest BCUT2D eigenvalue weighted by Crippen LogP contribution is 2.34. The van der Waals surface area contributed by atoms with Gasteiger partial charge in [0.05, 0.1) is 27.0 Å². The largest absolute Gasteiger partial charge is 0.496 e. The van der Waals surface area contributed by atoms with Crippen LogP contribution in [0.15, 0.2) is 17.1 Å². The van der Waals surface area contributed by atoms with Crippen LogP contribution in [0, 0.1) is 13.8 Å². The Morgan fingerprint density at radius 1 is 1.10 bits per heavy atom. The molecule has 1 atom stereocenters. The second-order valence-electron chi connectivity index (χ2n) is 6.97. The number of hydrogen-bond donors (Lipinski definition) is 2. The summed E-state index contributed by atoms with van der Waals surface area (Å²) in [6, 6.07) is 3.92. The summed E-state index contributed by atoms with van der Waals surface area (Å²) in [6.07, 6.45) is 0.867. The van der Waals surface area contributed by atoms with Crippen LogP contribution in [0.5, 0.6) is 17.2 Å². The van der Waals surface area contributed by atoms with Gasteiger partial charge in [0, 0.05) is 44.0 Å². The summed E-state index contributed by atoms with van der Waals surface area (Å²) in [4.78, 5) is 4.34. The summed E-state index contributed by atoms with van der Waals surface area (Å²) in [5.41, 5.74) is 4.47. The lowest BCUT2D eigenvalue weighted by Crippen LogP contribution is -2.42. The van der Waals surface area contributed by atoms with Crippen LogP contribution in [-0.4, -0.2) is 50.2 Å². The average Bonchev–Trinajstić information content (AvgIpc) is 2.96. The molecule has 1 aromatic heterocycles. The van der Waals surface area contributed by atoms with Crippen molar-refractivity contribution in [1.82, 2.24) is 20.4 Å². The van der Waals surface area contributed by atoms with Crippen LogP contribution < -0.4 is 24.8 Å². The minimum atomic E-state index is 0.190. The number of aliphatic imine (C=N–C) groups is 1. The standard InChI is InChI=1S/C21H33N5O3/c1-13(9-17-14(2)25-26(5)15(17)3)24-21(22-4)23-12-16-10-19(28-7)20(29-8)11-18(16)27-6/h10-11,13H,9,12H2,1-8H3,(H2,22,23,24). The van der Waals surface area contributed by atoms with Crippen molar-refractivity contribution in [2.75, 3.05) is 28.4 Å². The summed E-state index contributed by atoms with van der Waals surface area (Å²) >= 11 is 0. The maximum Gasteiger partial charge on any atom is 0.191 e. The number of nitrogens with zero attached hydrogens (tertiary/aromatic N) is 3. The number of guanidine groups is 1. The van der Waals surface area contributed by atoms with Gasteiger partial charge in [-0.05, 0) is 38.8 Å². The summed E-state index contributed by atoms with van der Waals surface area (Å²) < 4.78 is 18.2. The van der Waals surface area contributed by atoms with Crippen LogP contribution in [0.25, 0.3) is 0 Å². The SMILES string of the molecule is CN=C(NCc1cc(OC)c(OC)cc1OC)NC(C)Cc1c(C)nn(C)c1C. The van der Waals surface area contributed by atoms with E-state index in [1.165, 1.54) is 11.3 Å². The van der Waals surface area contributed by atoms with Gasteiger partial charge in [-0.1, -0.05) is 0 Å². The number of hydrogen-bond acceptors (Lipinski definition) is 5. The molecule has 0 aliphatic heterocycles. The van der Waals surface area contributed by atoms with Gasteiger partial charge in [-0.25, -0.2) is 0 Å². The average molecular weight is 404 g/mol. The molecule has 0 aliphatic carbocycles. The van der Waals surface area contributed by atoms with E-state index in [0.717, 1.165) is 23.4 Å². The predicted molar refractivity (Wildman–Crippen MR) is 115 cm³/mol. The lowest BCUT2D eigenvalue weighted by atomic mass is 10.1. The Morgan fingerprint density at radius 3 is 2.24 bits per heavy atom. The molecule has 1 heterocycles. The maximum absolute atomic E-state index is 5.50. The van der Waals surface area contributed by atoms with Crippen molar-refractivity contribution in [2.45, 2.75) is 39.8 Å². The number of benzene rings is 1. The van der Waals surface area contributed by atoms with Crippen molar-refractivity contribution in [3.05, 3.63) is 34.6 Å². The summed E-state index contributed by atoms with van der Waals surface area (Å²) in [5, 5.41) is 11.3. The van der Waals surface area contributed by atoms with E-state index in [1.54, 1.807) is 28.4 Å². The van der Waals surface area contributed by atoms with Crippen LogP contribution in [0.4, 0.5) is 0 Å². The normalized spacial score (nSPS) is 12.5. The third-order valence-corrected chi connectivity index (χ3v) is 5.01. The fourth-order valence-corrected chi connectivity index (χ4v) is 3.31. The van der Waals surface area contributed by atoms with E-state index >= 15 is 0 Å². The summed E-state index contributed by atoms with van der Waals surface area (Å²) in [5.74, 6) is 2.73. The molecule has 0 fully saturated rings. The van der Waals surface area contributed by atoms with Gasteiger partial charge in [0.2, 0.25) is 0 Å². The van der Waals surface area contributed by atoms with Crippen molar-refractivity contribution < 1.29 is 14.2 Å². The smallest absolute Gasteiger partial charge is 0.191 e. The monoisotopic (exact) mass is 403 g/mol. The van der Waals surface area contributed by atoms with Crippen molar-refractivity contribution in [1.29, 1.82) is 0 Å². The van der Waals surface area contributed by atoms with Crippen LogP contribution in [0.2, 0.25) is 0 Å². The highest BCUT2D eigenvalue weighted by atomic mass is 16.5. The molecule has 0 aliphatic rings. The van der Waals surface area contributed by atoms with Gasteiger partial charge >= 0.3 is 0 Å². The summed E-state index contributed by atoms with van der Waals surface area (Å²) in [6.45, 7) is 6.81. The van der Waals surface area contributed by atoms with Crippen LogP contribution in [0.1, 0.15) is 29.4 Å². The van der Waals surface area contributed by atoms with Crippen LogP contribution in [-0.2, 0) is 20.0 Å². The molecular formula is C21H33N5O3. The van der Waals surface area contributed by atoms with E-state index in [0.29, 0.717) is 24.0 Å². The number of nitrogens with one attached hydrogen (secondary N) is 2. The molecule has 0 saturated heterocycles. The highest BCUT2D eigenvalue weighted by Gasteiger charge is 2.15. The Morgan fingerprint density at radius 2 is 1.72 bits per heavy atom. The number of aryl methyl sites for hydroxylation is 2. The molecular weight excluding hydrogens is 370 g/mol. The number of aromatic nitrogens is 2. The molecule has 0 spiro atoms. The van der Waals surface area contributed by atoms with E-state index in [-0.39, 0.29) is 6.04 Å². The first kappa shape index (κ1) is 22.4. The van der Waals surface area contributed by atoms with Gasteiger partial charge < -0.3 is 24.8 Å². The minimum absolute atomic E-state index is 0.190. The molecule has 29 heavy (non-hydrogen) atoms. The molecule has 0 saturated carbocycles. The third kappa shape index (κ3) is 5.34. The van der Waals surface area contributed by atoms with E-state index in [9.17, 15) is 0 Å². The Hall–Kier alpha value is -2.90. The lowest BCUT2D eigenvalue weighted by Gasteiger charge is -2.19. The Balaban J connectivity index is 2.05. The molecule has 1 unspecified atom stereocenters. The van der Waals surface area contributed by atoms with Crippen LogP contribution >= 0.6 is 0 Å². The maximum atomic E-state index is 5.50. The third-order valence-electron chi connectivity index (χ3n) is 5.01. The molecule has 8 nitrogen and oxygen atoms in total. The highest BCUT2D eigenvalue weighted by molar-refractivity contribution is 5.80. The first-order valence-electron chi connectivity index (χ1n) is 9.59. The molecule has 2 N–H and O–H groups in total. The van der Waals surface area contributed by atoms with Gasteiger partial charge in [-0.15, -0.1) is 0 Å². The fourth-order valence-electron chi connectivity index (χ4n) is 3.31. The van der Waals surface area contributed by atoms with Gasteiger partial charge in [0.1, 0.15) is 5.75 Å². The molecule has 8 heteroatoms. The quantitative estimate of drug-likeness (QED) is 0.520. The number of rotatable bonds is 8. The van der Waals surface area contributed by atoms with Gasteiger partial charge in [-0.3, -0.25) is 9.67 Å². The van der Waals surface area contributed by atoms with E-state index in [1.807, 2.05) is 30.8 Å². The van der Waals surface area contributed by atoms with Crippen molar-refractivity contribution in [3.8, 4) is 17.2 Å². The second-order valence-corrected chi connectivity index (χ2v) is 6.97. The summed E-state index contributed by atoms with van der Waals surface area (Å²) in [7, 11) is 8.59. The van der Waals surface area contributed by atoms with Crippen molar-refractivity contribution >= 4 is 5.96 Å². The molecule has 0 amide bonds. The van der Waals surface area contributed by atoms with E-state index < -0.39 is 0 Å². The topological polar surface area (TPSA) is 81.9 Å². The first-order chi connectivity index (χ1) is 13.8. The lowest BCUT2D eigenvalue weighted by molar-refractivity contribution is 0.347. The Bertz CT molecular complexity index is 860. The van der Waals surface area contributed by atoms with Crippen molar-refractivity contribution in [2.24, 2.45) is 12.0 Å². The zero-order valence-corrected chi connectivity index (χ0v) is 18.7. The Labute approximate surface area is 173 Å². The number of methoxy groups -OCH3 is 3. The molecule has 160 valence electrons. The Kier molecular flexibility index (Phi) is 7.75. The number of ether oxygens (including phenoxy) is 3. The molecule has 2 aromatic rings. The van der Waals surface area contributed by atoms with Crippen LogP contribution in [0.3, 0.4) is 0 Å². The molecule has 0 bridgehead atoms. The van der Waals surface area contributed by atoms with Gasteiger partial charge in [0.25, 0.3) is 0 Å².